The van der Waals surface area contributed by atoms with Crippen LogP contribution in [0.5, 0.6) is 0 Å². The van der Waals surface area contributed by atoms with Crippen molar-refractivity contribution in [2.45, 2.75) is 49.9 Å². The van der Waals surface area contributed by atoms with E-state index in [0.29, 0.717) is 0 Å². The molecule has 3 rings (SSSR count). The van der Waals surface area contributed by atoms with Gasteiger partial charge in [-0.3, -0.25) is 4.79 Å². The SMILES string of the molecule is CCOC(=O)c1nnn(C[C@]2(C)S[C@@H]3CC(=O)N3[C@H]2C(=O)O)c1C(=O)OCC. The maximum atomic E-state index is 12.4. The average Bonchev–Trinajstić information content (AvgIpc) is 3.12. The van der Waals surface area contributed by atoms with Gasteiger partial charge in [0.05, 0.1) is 36.3 Å². The molecule has 1 aromatic heterocycles. The van der Waals surface area contributed by atoms with E-state index in [2.05, 4.69) is 10.3 Å². The van der Waals surface area contributed by atoms with Crippen molar-refractivity contribution in [1.29, 1.82) is 0 Å². The van der Waals surface area contributed by atoms with Crippen LogP contribution in [0, 0.1) is 0 Å². The van der Waals surface area contributed by atoms with Gasteiger partial charge < -0.3 is 19.5 Å². The number of rotatable bonds is 7. The number of thioether (sulfide) groups is 1. The first-order valence-corrected chi connectivity index (χ1v) is 9.61. The third-order valence-electron chi connectivity index (χ3n) is 4.58. The van der Waals surface area contributed by atoms with Crippen molar-refractivity contribution in [2.75, 3.05) is 13.2 Å². The average molecular weight is 412 g/mol. The second-order valence-corrected chi connectivity index (χ2v) is 8.23. The number of fused-ring (bicyclic) bond motifs is 1. The quantitative estimate of drug-likeness (QED) is 0.486. The van der Waals surface area contributed by atoms with Crippen molar-refractivity contribution in [3.05, 3.63) is 11.4 Å². The minimum atomic E-state index is -1.14. The van der Waals surface area contributed by atoms with E-state index >= 15 is 0 Å². The van der Waals surface area contributed by atoms with Crippen LogP contribution in [0.2, 0.25) is 0 Å². The van der Waals surface area contributed by atoms with Crippen molar-refractivity contribution in [2.24, 2.45) is 0 Å². The predicted octanol–water partition coefficient (Wildman–Crippen LogP) is 0.149. The van der Waals surface area contributed by atoms with E-state index in [0.717, 1.165) is 4.68 Å². The smallest absolute Gasteiger partial charge is 0.361 e. The Morgan fingerprint density at radius 3 is 2.46 bits per heavy atom. The highest BCUT2D eigenvalue weighted by Gasteiger charge is 2.61. The summed E-state index contributed by atoms with van der Waals surface area (Å²) in [6.45, 7) is 5.00. The molecule has 1 aromatic rings. The number of carbonyl (C=O) groups is 4. The molecular formula is C16H20N4O7S. The Balaban J connectivity index is 1.97. The van der Waals surface area contributed by atoms with E-state index < -0.39 is 28.7 Å². The van der Waals surface area contributed by atoms with Crippen LogP contribution in [0.4, 0.5) is 0 Å². The summed E-state index contributed by atoms with van der Waals surface area (Å²) in [7, 11) is 0. The first kappa shape index (κ1) is 20.1. The van der Waals surface area contributed by atoms with E-state index in [1.165, 1.54) is 16.7 Å². The molecule has 152 valence electrons. The molecule has 3 atom stereocenters. The molecule has 2 saturated heterocycles. The molecule has 0 radical (unpaired) electrons. The number of carboxylic acids is 1. The summed E-state index contributed by atoms with van der Waals surface area (Å²) in [5.41, 5.74) is -0.495. The molecule has 2 fully saturated rings. The molecule has 11 nitrogen and oxygen atoms in total. The highest BCUT2D eigenvalue weighted by molar-refractivity contribution is 8.01. The summed E-state index contributed by atoms with van der Waals surface area (Å²) in [4.78, 5) is 49.6. The topological polar surface area (TPSA) is 141 Å². The summed E-state index contributed by atoms with van der Waals surface area (Å²) < 4.78 is 10.1. The number of ether oxygens (including phenoxy) is 2. The van der Waals surface area contributed by atoms with Crippen LogP contribution in [0.3, 0.4) is 0 Å². The van der Waals surface area contributed by atoms with Crippen LogP contribution in [0.15, 0.2) is 0 Å². The van der Waals surface area contributed by atoms with Crippen LogP contribution in [-0.4, -0.2) is 78.2 Å². The van der Waals surface area contributed by atoms with Crippen molar-refractivity contribution in [3.8, 4) is 0 Å². The predicted molar refractivity (Wildman–Crippen MR) is 94.6 cm³/mol. The van der Waals surface area contributed by atoms with Crippen molar-refractivity contribution in [1.82, 2.24) is 19.9 Å². The van der Waals surface area contributed by atoms with Crippen molar-refractivity contribution in [3.63, 3.8) is 0 Å². The molecule has 12 heteroatoms. The Morgan fingerprint density at radius 2 is 1.89 bits per heavy atom. The Morgan fingerprint density at radius 1 is 1.25 bits per heavy atom. The largest absolute Gasteiger partial charge is 0.480 e. The zero-order valence-electron chi connectivity index (χ0n) is 15.6. The fourth-order valence-electron chi connectivity index (χ4n) is 3.44. The Bertz CT molecular complexity index is 841. The van der Waals surface area contributed by atoms with Gasteiger partial charge in [0.1, 0.15) is 6.04 Å². The van der Waals surface area contributed by atoms with Crippen LogP contribution < -0.4 is 0 Å². The second-order valence-electron chi connectivity index (χ2n) is 6.52. The number of aromatic nitrogens is 3. The summed E-state index contributed by atoms with van der Waals surface area (Å²) >= 11 is 1.33. The van der Waals surface area contributed by atoms with E-state index in [4.69, 9.17) is 9.47 Å². The third kappa shape index (κ3) is 3.21. The van der Waals surface area contributed by atoms with Gasteiger partial charge in [-0.15, -0.1) is 16.9 Å². The Labute approximate surface area is 164 Å². The summed E-state index contributed by atoms with van der Waals surface area (Å²) in [6.07, 6.45) is 0.264. The van der Waals surface area contributed by atoms with E-state index in [1.54, 1.807) is 20.8 Å². The third-order valence-corrected chi connectivity index (χ3v) is 6.14. The number of esters is 2. The summed E-state index contributed by atoms with van der Waals surface area (Å²) in [5.74, 6) is -3.01. The highest BCUT2D eigenvalue weighted by atomic mass is 32.2. The number of amides is 1. The number of β-lactam (4-membered cyclic amide) rings is 1. The van der Waals surface area contributed by atoms with Gasteiger partial charge in [0.2, 0.25) is 11.6 Å². The number of hydrogen-bond donors (Lipinski definition) is 1. The minimum Gasteiger partial charge on any atom is -0.480 e. The van der Waals surface area contributed by atoms with Gasteiger partial charge in [-0.05, 0) is 20.8 Å². The number of aliphatic carboxylic acids is 1. The zero-order chi connectivity index (χ0) is 20.6. The molecule has 0 bridgehead atoms. The van der Waals surface area contributed by atoms with Gasteiger partial charge in [0.15, 0.2) is 5.69 Å². The molecule has 28 heavy (non-hydrogen) atoms. The van der Waals surface area contributed by atoms with Gasteiger partial charge in [-0.25, -0.2) is 19.1 Å². The minimum absolute atomic E-state index is 0.0601. The van der Waals surface area contributed by atoms with Crippen LogP contribution in [0.25, 0.3) is 0 Å². The highest BCUT2D eigenvalue weighted by Crippen LogP contribution is 2.51. The number of nitrogens with zero attached hydrogens (tertiary/aromatic N) is 4. The fraction of sp³-hybridized carbons (Fsp3) is 0.625. The van der Waals surface area contributed by atoms with Crippen LogP contribution >= 0.6 is 11.8 Å². The van der Waals surface area contributed by atoms with Gasteiger partial charge in [0, 0.05) is 0 Å². The van der Waals surface area contributed by atoms with Crippen molar-refractivity contribution >= 4 is 35.6 Å². The normalized spacial score (nSPS) is 25.8. The molecule has 0 unspecified atom stereocenters. The molecule has 1 N–H and O–H groups in total. The monoisotopic (exact) mass is 412 g/mol. The van der Waals surface area contributed by atoms with Gasteiger partial charge >= 0.3 is 17.9 Å². The Kier molecular flexibility index (Phi) is 5.33. The molecule has 0 aromatic carbocycles. The lowest BCUT2D eigenvalue weighted by Gasteiger charge is -2.36. The van der Waals surface area contributed by atoms with Crippen molar-refractivity contribution < 1.29 is 33.8 Å². The molecular weight excluding hydrogens is 392 g/mol. The molecule has 0 aliphatic carbocycles. The summed E-state index contributed by atoms with van der Waals surface area (Å²) in [5, 5.41) is 17.1. The lowest BCUT2D eigenvalue weighted by molar-refractivity contribution is -0.157. The van der Waals surface area contributed by atoms with E-state index in [9.17, 15) is 24.3 Å². The molecule has 1 amide bonds. The molecule has 2 aliphatic heterocycles. The number of hydrogen-bond acceptors (Lipinski definition) is 9. The second kappa shape index (κ2) is 7.41. The molecule has 0 saturated carbocycles. The summed E-state index contributed by atoms with van der Waals surface area (Å²) in [6, 6.07) is -1.09. The molecule has 3 heterocycles. The molecule has 2 aliphatic rings. The van der Waals surface area contributed by atoms with Gasteiger partial charge in [0.25, 0.3) is 0 Å². The van der Waals surface area contributed by atoms with Gasteiger partial charge in [-0.2, -0.15) is 0 Å². The number of carboxylic acid groups (broad SMARTS) is 1. The van der Waals surface area contributed by atoms with E-state index in [1.807, 2.05) is 0 Å². The van der Waals surface area contributed by atoms with E-state index in [-0.39, 0.29) is 48.8 Å². The standard InChI is InChI=1S/C16H20N4O7S/c1-4-26-14(24)10-11(15(25)27-5-2)19(18-17-10)7-16(3)12(13(22)23)20-8(21)6-9(20)28-16/h9,12H,4-7H2,1-3H3,(H,22,23)/t9-,12+,16+/m1/s1. The zero-order valence-corrected chi connectivity index (χ0v) is 16.4. The lowest BCUT2D eigenvalue weighted by Crippen LogP contribution is -2.58. The van der Waals surface area contributed by atoms with Gasteiger partial charge in [-0.1, -0.05) is 5.21 Å². The molecule has 0 spiro atoms. The first-order chi connectivity index (χ1) is 13.2. The lowest BCUT2D eigenvalue weighted by atomic mass is 9.96. The number of carbonyl (C=O) groups excluding carboxylic acids is 3. The maximum absolute atomic E-state index is 12.4. The maximum Gasteiger partial charge on any atom is 0.361 e. The van der Waals surface area contributed by atoms with Crippen LogP contribution in [0.1, 0.15) is 48.2 Å². The first-order valence-electron chi connectivity index (χ1n) is 8.73. The fourth-order valence-corrected chi connectivity index (χ4v) is 5.18. The van der Waals surface area contributed by atoms with Crippen LogP contribution in [-0.2, 0) is 25.6 Å². The Hall–Kier alpha value is -2.63.